The predicted octanol–water partition coefficient (Wildman–Crippen LogP) is 29.0. The number of carbonyl (C=O) groups is 1. The maximum absolute atomic E-state index is 12.3. The standard InChI is InChI=1S/C11H21NO.C10H20.C10H14.C9H19N.2C9H18O.C9H18.C8H14F2.C8H16O.C8H16.C7H14/c1-9(13)12-7-5-10(6-8-12)11(2,3)4;2*1-10(2,3)9-7-5-4-6-8-9;1-9(2,3)8-4-6-10-7-5-8;1-8(2,3)7-5-9(4,10)6-7;1-9(2,3)8-4-6-10-7-5-8;1-9(2,3)8-6-4-5-7-8;1-7(2,3)6-4-8(9,10)5-6;1-8(2,3)6-4-7(9)5-6;1-8(2,3)7-5-4-6-7;1-7(2,3)6-4-5-6/h10H,5-8H2,1-4H3;9H,4-8H2,1-3H3;4-8H,1-3H3;8,10H,4-7H2,1-3H3;7,10H,5-6H2,1-4H3;8H,4-7H2,1-3H3;8H,4-7H2,1-3H3;6H,4-5H2,1-3H3;6-7,9H,4-5H2,1-3H3;7H,4-6H2,1-3H3;6H,4-5H2,1-3H3. The fraction of sp³-hybridized carbons (Fsp3) is 0.929. The quantitative estimate of drug-likeness (QED) is 0.241. The average Bonchev–Trinajstić information content (AvgIpc) is 1.73. The smallest absolute Gasteiger partial charge is 0.248 e. The molecule has 11 rings (SSSR count). The van der Waals surface area contributed by atoms with Gasteiger partial charge in [0.25, 0.3) is 0 Å². The van der Waals surface area contributed by atoms with Crippen LogP contribution in [0.15, 0.2) is 30.3 Å². The number of hydrogen-bond acceptors (Lipinski definition) is 5. The number of aliphatic hydroxyl groups excluding tert-OH is 1. The number of carbonyl (C=O) groups excluding carboxylic acids is 1. The van der Waals surface area contributed by atoms with Crippen molar-refractivity contribution >= 4 is 5.91 Å². The third-order valence-corrected chi connectivity index (χ3v) is 26.6. The largest absolute Gasteiger partial charge is 0.393 e. The van der Waals surface area contributed by atoms with E-state index < -0.39 is 5.92 Å². The molecule has 7 saturated carbocycles. The molecule has 3 saturated heterocycles. The van der Waals surface area contributed by atoms with E-state index in [1.807, 2.05) is 32.6 Å². The van der Waals surface area contributed by atoms with E-state index in [4.69, 9.17) is 9.84 Å². The molecule has 106 heavy (non-hydrogen) atoms. The molecule has 1 aromatic carbocycles. The molecule has 0 unspecified atom stereocenters. The van der Waals surface area contributed by atoms with Crippen molar-refractivity contribution in [2.45, 2.75) is 432 Å². The van der Waals surface area contributed by atoms with E-state index in [1.54, 1.807) is 6.92 Å². The zero-order valence-electron chi connectivity index (χ0n) is 77.8. The average molecular weight is 1500 g/mol. The van der Waals surface area contributed by atoms with Crippen molar-refractivity contribution in [3.8, 4) is 0 Å². The molecule has 0 spiro atoms. The molecule has 6 nitrogen and oxygen atoms in total. The molecule has 0 atom stereocenters. The van der Waals surface area contributed by atoms with Gasteiger partial charge in [-0.3, -0.25) is 4.79 Å². The molecule has 1 aromatic rings. The minimum Gasteiger partial charge on any atom is -0.393 e. The molecule has 3 N–H and O–H groups in total. The number of benzene rings is 1. The summed E-state index contributed by atoms with van der Waals surface area (Å²) in [5, 5.41) is 21.8. The summed E-state index contributed by atoms with van der Waals surface area (Å²) in [4.78, 5) is 13.0. The molecule has 1 amide bonds. The second-order valence-electron chi connectivity index (χ2n) is 47.6. The number of nitrogens with one attached hydrogen (secondary N) is 1. The number of ether oxygens (including phenoxy) is 1. The Hall–Kier alpha value is -1.61. The van der Waals surface area contributed by atoms with Crippen molar-refractivity contribution < 1.29 is 28.5 Å². The normalized spacial score (nSPS) is 24.7. The summed E-state index contributed by atoms with van der Waals surface area (Å²) < 4.78 is 29.9. The van der Waals surface area contributed by atoms with E-state index in [0.29, 0.717) is 54.1 Å². The van der Waals surface area contributed by atoms with Crippen LogP contribution in [0.3, 0.4) is 0 Å². The minimum atomic E-state index is -2.35. The van der Waals surface area contributed by atoms with Crippen LogP contribution in [0, 0.1) is 113 Å². The number of likely N-dealkylation sites (tertiary alicyclic amines) is 1. The Bertz CT molecular complexity index is 2310. The van der Waals surface area contributed by atoms with Crippen molar-refractivity contribution in [1.82, 2.24) is 10.2 Å². The number of piperidine rings is 2. The number of amides is 1. The van der Waals surface area contributed by atoms with Gasteiger partial charge < -0.3 is 25.2 Å². The fourth-order valence-corrected chi connectivity index (χ4v) is 16.4. The Morgan fingerprint density at radius 1 is 0.387 bits per heavy atom. The van der Waals surface area contributed by atoms with Gasteiger partial charge in [-0.05, 0) is 260 Å². The summed E-state index contributed by atoms with van der Waals surface area (Å²) in [6.45, 7) is 85.2. The fourth-order valence-electron chi connectivity index (χ4n) is 16.4. The van der Waals surface area contributed by atoms with Crippen molar-refractivity contribution in [3.63, 3.8) is 0 Å². The lowest BCUT2D eigenvalue weighted by Gasteiger charge is -2.47. The van der Waals surface area contributed by atoms with Gasteiger partial charge in [-0.25, -0.2) is 8.78 Å². The van der Waals surface area contributed by atoms with Crippen LogP contribution < -0.4 is 5.32 Å². The molecular formula is C98H188F2N2O4. The van der Waals surface area contributed by atoms with Crippen LogP contribution in [-0.2, 0) is 14.9 Å². The second-order valence-corrected chi connectivity index (χ2v) is 47.6. The van der Waals surface area contributed by atoms with Gasteiger partial charge >= 0.3 is 0 Å². The number of aliphatic hydroxyl groups is 2. The highest BCUT2D eigenvalue weighted by Crippen LogP contribution is 2.51. The molecule has 8 heteroatoms. The van der Waals surface area contributed by atoms with Gasteiger partial charge in [-0.15, -0.1) is 0 Å². The Morgan fingerprint density at radius 3 is 0.858 bits per heavy atom. The zero-order valence-corrected chi connectivity index (χ0v) is 77.8. The van der Waals surface area contributed by atoms with Crippen LogP contribution in [-0.4, -0.2) is 78.0 Å². The van der Waals surface area contributed by atoms with Crippen LogP contribution >= 0.6 is 0 Å². The Morgan fingerprint density at radius 2 is 0.670 bits per heavy atom. The lowest BCUT2D eigenvalue weighted by molar-refractivity contribution is -0.138. The predicted molar refractivity (Wildman–Crippen MR) is 462 cm³/mol. The third-order valence-electron chi connectivity index (χ3n) is 26.6. The molecule has 10 fully saturated rings. The first kappa shape index (κ1) is 102. The van der Waals surface area contributed by atoms with Gasteiger partial charge in [0.15, 0.2) is 0 Å². The summed E-state index contributed by atoms with van der Waals surface area (Å²) in [5.41, 5.74) is 6.00. The van der Waals surface area contributed by atoms with E-state index in [-0.39, 0.29) is 41.8 Å². The van der Waals surface area contributed by atoms with Crippen molar-refractivity contribution in [2.75, 3.05) is 39.4 Å². The van der Waals surface area contributed by atoms with Crippen molar-refractivity contribution in [1.29, 1.82) is 0 Å². The first-order valence-corrected chi connectivity index (χ1v) is 44.1. The summed E-state index contributed by atoms with van der Waals surface area (Å²) in [6, 6.07) is 10.6. The number of alkyl halides is 2. The van der Waals surface area contributed by atoms with Crippen molar-refractivity contribution in [2.24, 2.45) is 113 Å². The molecule has 3 aliphatic heterocycles. The van der Waals surface area contributed by atoms with Gasteiger partial charge in [-0.1, -0.05) is 297 Å². The molecule has 7 aliphatic carbocycles. The summed E-state index contributed by atoms with van der Waals surface area (Å²) >= 11 is 0. The molecule has 628 valence electrons. The van der Waals surface area contributed by atoms with Gasteiger partial charge in [0.05, 0.1) is 11.7 Å². The van der Waals surface area contributed by atoms with E-state index in [1.165, 1.54) is 147 Å². The number of halogens is 2. The minimum absolute atomic E-state index is 0.00854. The zero-order chi connectivity index (χ0) is 82.2. The van der Waals surface area contributed by atoms with E-state index in [2.05, 4.69) is 243 Å². The topological polar surface area (TPSA) is 82.0 Å². The Kier molecular flexibility index (Phi) is 42.3. The first-order valence-electron chi connectivity index (χ1n) is 44.1. The number of rotatable bonds is 0. The van der Waals surface area contributed by atoms with E-state index >= 15 is 0 Å². The van der Waals surface area contributed by atoms with Gasteiger partial charge in [0.2, 0.25) is 11.8 Å². The molecule has 10 aliphatic rings. The molecule has 3 heterocycles. The highest BCUT2D eigenvalue weighted by Gasteiger charge is 2.50. The first-order chi connectivity index (χ1) is 47.8. The van der Waals surface area contributed by atoms with Crippen molar-refractivity contribution in [3.05, 3.63) is 35.9 Å². The number of nitrogens with zero attached hydrogens (tertiary/aromatic N) is 1. The van der Waals surface area contributed by atoms with Crippen LogP contribution in [0.2, 0.25) is 0 Å². The van der Waals surface area contributed by atoms with Gasteiger partial charge in [0, 0.05) is 46.1 Å². The Balaban J connectivity index is 0.000000584. The second kappa shape index (κ2) is 43.8. The molecular weight excluding hydrogens is 1310 g/mol. The number of hydrogen-bond donors (Lipinski definition) is 3. The third kappa shape index (κ3) is 44.2. The van der Waals surface area contributed by atoms with Crippen LogP contribution in [0.1, 0.15) is 415 Å². The highest BCUT2D eigenvalue weighted by molar-refractivity contribution is 5.73. The van der Waals surface area contributed by atoms with E-state index in [0.717, 1.165) is 105 Å². The lowest BCUT2D eigenvalue weighted by atomic mass is 9.61. The maximum atomic E-state index is 12.3. The molecule has 0 aromatic heterocycles. The lowest BCUT2D eigenvalue weighted by Crippen LogP contribution is -2.46. The highest BCUT2D eigenvalue weighted by atomic mass is 19.3. The van der Waals surface area contributed by atoms with E-state index in [9.17, 15) is 18.7 Å². The SMILES string of the molecule is CC(=O)N1CCC(C(C)(C)C)CC1.CC(C)(C)C1CC(F)(F)C1.CC(C)(C)C1CC(O)C1.CC(C)(C)C1CC1.CC(C)(C)C1CCC1.CC(C)(C)C1CCCC1.CC(C)(C)C1CCCCC1.CC(C)(C)C1CCNCC1.CC(C)(C)C1CCOCC1.CC(C)(C)c1ccccc1.CC1(O)CC(C(C)(C)C)C1. The summed E-state index contributed by atoms with van der Waals surface area (Å²) in [5.74, 6) is 6.27. The Labute approximate surface area is 662 Å². The molecule has 0 radical (unpaired) electrons. The van der Waals surface area contributed by atoms with Crippen LogP contribution in [0.25, 0.3) is 0 Å². The monoisotopic (exact) mass is 1500 g/mol. The van der Waals surface area contributed by atoms with Crippen LogP contribution in [0.5, 0.6) is 0 Å². The maximum Gasteiger partial charge on any atom is 0.248 e. The molecule has 0 bridgehead atoms. The summed E-state index contributed by atoms with van der Waals surface area (Å²) in [6.07, 6.45) is 32.4. The van der Waals surface area contributed by atoms with Crippen LogP contribution in [0.4, 0.5) is 8.78 Å². The van der Waals surface area contributed by atoms with Gasteiger partial charge in [-0.2, -0.15) is 0 Å². The van der Waals surface area contributed by atoms with Gasteiger partial charge in [0.1, 0.15) is 0 Å². The summed E-state index contributed by atoms with van der Waals surface area (Å²) in [7, 11) is 0.